The van der Waals surface area contributed by atoms with E-state index in [0.717, 1.165) is 6.42 Å². The second kappa shape index (κ2) is 8.03. The van der Waals surface area contributed by atoms with Crippen molar-refractivity contribution in [2.45, 2.75) is 52.5 Å². The lowest BCUT2D eigenvalue weighted by Gasteiger charge is -2.15. The molecule has 0 saturated heterocycles. The van der Waals surface area contributed by atoms with Crippen LogP contribution in [-0.4, -0.2) is 28.1 Å². The van der Waals surface area contributed by atoms with Crippen molar-refractivity contribution < 1.29 is 24.2 Å². The Balaban J connectivity index is 2.30. The highest BCUT2D eigenvalue weighted by molar-refractivity contribution is 5.88. The van der Waals surface area contributed by atoms with E-state index in [1.165, 1.54) is 6.07 Å². The minimum absolute atomic E-state index is 0.0192. The predicted molar refractivity (Wildman–Crippen MR) is 96.4 cm³/mol. The lowest BCUT2D eigenvalue weighted by Crippen LogP contribution is -2.42. The second-order valence-corrected chi connectivity index (χ2v) is 6.36. The van der Waals surface area contributed by atoms with Crippen LogP contribution in [0.15, 0.2) is 21.3 Å². The van der Waals surface area contributed by atoms with Gasteiger partial charge >= 0.3 is 11.6 Å². The van der Waals surface area contributed by atoms with Gasteiger partial charge in [-0.3, -0.25) is 4.79 Å². The highest BCUT2D eigenvalue weighted by atomic mass is 16.4. The smallest absolute Gasteiger partial charge is 0.340 e. The second-order valence-electron chi connectivity index (χ2n) is 6.36. The Morgan fingerprint density at radius 2 is 1.92 bits per heavy atom. The first-order chi connectivity index (χ1) is 12.3. The van der Waals surface area contributed by atoms with Crippen molar-refractivity contribution in [1.29, 1.82) is 0 Å². The van der Waals surface area contributed by atoms with Crippen LogP contribution in [0.4, 0.5) is 0 Å². The largest absolute Gasteiger partial charge is 0.508 e. The average Bonchev–Trinajstić information content (AvgIpc) is 2.58. The molecule has 1 aromatic heterocycles. The van der Waals surface area contributed by atoms with Gasteiger partial charge in [0.2, 0.25) is 5.91 Å². The number of carboxylic acid groups (broad SMARTS) is 1. The first-order valence-electron chi connectivity index (χ1n) is 8.53. The van der Waals surface area contributed by atoms with E-state index >= 15 is 0 Å². The van der Waals surface area contributed by atoms with E-state index in [0.29, 0.717) is 29.4 Å². The van der Waals surface area contributed by atoms with Crippen LogP contribution >= 0.6 is 0 Å². The van der Waals surface area contributed by atoms with E-state index in [4.69, 9.17) is 4.42 Å². The van der Waals surface area contributed by atoms with Crippen LogP contribution < -0.4 is 10.9 Å². The first-order valence-corrected chi connectivity index (χ1v) is 8.53. The molecule has 1 amide bonds. The van der Waals surface area contributed by atoms with Gasteiger partial charge in [0.15, 0.2) is 0 Å². The quantitative estimate of drug-likeness (QED) is 0.652. The van der Waals surface area contributed by atoms with E-state index in [2.05, 4.69) is 5.32 Å². The molecule has 0 spiro atoms. The highest BCUT2D eigenvalue weighted by Crippen LogP contribution is 2.28. The molecule has 26 heavy (non-hydrogen) atoms. The highest BCUT2D eigenvalue weighted by Gasteiger charge is 2.22. The molecule has 1 aromatic carbocycles. The Labute approximate surface area is 150 Å². The maximum atomic E-state index is 12.3. The standard InChI is InChI=1S/C19H23NO6/c1-4-5-6-14(18(23)24)20-16(22)9-13-10(2)12-7-8-15(21)11(3)17(12)26-19(13)25/h7-8,14,21H,4-6,9H2,1-3H3,(H,20,22)(H,23,24)/t14-/m0/s1. The van der Waals surface area contributed by atoms with Crippen LogP contribution in [0.3, 0.4) is 0 Å². The summed E-state index contributed by atoms with van der Waals surface area (Å²) in [5.41, 5.74) is 0.821. The summed E-state index contributed by atoms with van der Waals surface area (Å²) >= 11 is 0. The number of fused-ring (bicyclic) bond motifs is 1. The number of unbranched alkanes of at least 4 members (excludes halogenated alkanes) is 1. The number of nitrogens with one attached hydrogen (secondary N) is 1. The molecular formula is C19H23NO6. The summed E-state index contributed by atoms with van der Waals surface area (Å²) in [7, 11) is 0. The third kappa shape index (κ3) is 4.04. The lowest BCUT2D eigenvalue weighted by atomic mass is 10.0. The Kier molecular flexibility index (Phi) is 6.02. The molecule has 0 unspecified atom stereocenters. The molecule has 2 rings (SSSR count). The molecule has 7 nitrogen and oxygen atoms in total. The van der Waals surface area contributed by atoms with E-state index < -0.39 is 23.5 Å². The van der Waals surface area contributed by atoms with Crippen molar-refractivity contribution >= 4 is 22.8 Å². The summed E-state index contributed by atoms with van der Waals surface area (Å²) in [6, 6.07) is 2.15. The van der Waals surface area contributed by atoms with Gasteiger partial charge in [0.05, 0.1) is 12.0 Å². The zero-order chi connectivity index (χ0) is 19.4. The number of carbonyl (C=O) groups is 2. The van der Waals surface area contributed by atoms with Gasteiger partial charge in [0, 0.05) is 10.9 Å². The number of hydrogen-bond acceptors (Lipinski definition) is 5. The van der Waals surface area contributed by atoms with Gasteiger partial charge in [-0.25, -0.2) is 9.59 Å². The molecule has 2 aromatic rings. The number of rotatable bonds is 7. The van der Waals surface area contributed by atoms with Crippen molar-refractivity contribution in [1.82, 2.24) is 5.32 Å². The molecule has 7 heteroatoms. The van der Waals surface area contributed by atoms with Crippen LogP contribution in [-0.2, 0) is 16.0 Å². The predicted octanol–water partition coefficient (Wildman–Crippen LogP) is 2.42. The van der Waals surface area contributed by atoms with Crippen LogP contribution in [0.1, 0.15) is 42.9 Å². The minimum Gasteiger partial charge on any atom is -0.508 e. The summed E-state index contributed by atoms with van der Waals surface area (Å²) < 4.78 is 5.29. The third-order valence-corrected chi connectivity index (χ3v) is 4.49. The molecule has 3 N–H and O–H groups in total. The Morgan fingerprint density at radius 1 is 1.23 bits per heavy atom. The van der Waals surface area contributed by atoms with Crippen molar-refractivity contribution in [3.63, 3.8) is 0 Å². The van der Waals surface area contributed by atoms with E-state index in [1.54, 1.807) is 19.9 Å². The number of carboxylic acids is 1. The van der Waals surface area contributed by atoms with Gasteiger partial charge in [0.25, 0.3) is 0 Å². The molecule has 0 saturated carbocycles. The van der Waals surface area contributed by atoms with Crippen LogP contribution in [0.5, 0.6) is 5.75 Å². The van der Waals surface area contributed by atoms with Crippen LogP contribution in [0, 0.1) is 13.8 Å². The number of benzene rings is 1. The average molecular weight is 361 g/mol. The van der Waals surface area contributed by atoms with Gasteiger partial charge in [-0.15, -0.1) is 0 Å². The fourth-order valence-corrected chi connectivity index (χ4v) is 2.85. The summed E-state index contributed by atoms with van der Waals surface area (Å²) in [4.78, 5) is 35.8. The lowest BCUT2D eigenvalue weighted by molar-refractivity contribution is -0.142. The molecule has 0 aliphatic rings. The van der Waals surface area contributed by atoms with Gasteiger partial charge in [-0.05, 0) is 38.0 Å². The van der Waals surface area contributed by atoms with Crippen molar-refractivity contribution in [2.75, 3.05) is 0 Å². The normalized spacial score (nSPS) is 12.1. The monoisotopic (exact) mass is 361 g/mol. The van der Waals surface area contributed by atoms with Gasteiger partial charge in [0.1, 0.15) is 17.4 Å². The first kappa shape index (κ1) is 19.5. The molecule has 1 atom stereocenters. The fourth-order valence-electron chi connectivity index (χ4n) is 2.85. The summed E-state index contributed by atoms with van der Waals surface area (Å²) in [5.74, 6) is -1.62. The molecule has 0 bridgehead atoms. The Morgan fingerprint density at radius 3 is 2.54 bits per heavy atom. The van der Waals surface area contributed by atoms with Crippen LogP contribution in [0.25, 0.3) is 11.0 Å². The minimum atomic E-state index is -1.10. The maximum absolute atomic E-state index is 12.3. The number of aliphatic carboxylic acids is 1. The van der Waals surface area contributed by atoms with Gasteiger partial charge in [-0.2, -0.15) is 0 Å². The fraction of sp³-hybridized carbons (Fsp3) is 0.421. The molecule has 0 aliphatic heterocycles. The number of phenolic OH excluding ortho intramolecular Hbond substituents is 1. The van der Waals surface area contributed by atoms with Gasteiger partial charge in [-0.1, -0.05) is 19.8 Å². The van der Waals surface area contributed by atoms with E-state index in [9.17, 15) is 24.6 Å². The Hall–Kier alpha value is -2.83. The molecule has 140 valence electrons. The molecule has 1 heterocycles. The summed E-state index contributed by atoms with van der Waals surface area (Å²) in [5, 5.41) is 22.0. The van der Waals surface area contributed by atoms with Crippen molar-refractivity contribution in [3.05, 3.63) is 39.2 Å². The summed E-state index contributed by atoms with van der Waals surface area (Å²) in [6.07, 6.45) is 1.57. The Bertz CT molecular complexity index is 899. The molecule has 0 fully saturated rings. The molecular weight excluding hydrogens is 338 g/mol. The van der Waals surface area contributed by atoms with Crippen LogP contribution in [0.2, 0.25) is 0 Å². The van der Waals surface area contributed by atoms with Crippen molar-refractivity contribution in [3.8, 4) is 5.75 Å². The topological polar surface area (TPSA) is 117 Å². The van der Waals surface area contributed by atoms with Crippen molar-refractivity contribution in [2.24, 2.45) is 0 Å². The van der Waals surface area contributed by atoms with Gasteiger partial charge < -0.3 is 19.9 Å². The zero-order valence-corrected chi connectivity index (χ0v) is 15.1. The third-order valence-electron chi connectivity index (χ3n) is 4.49. The number of hydrogen-bond donors (Lipinski definition) is 3. The number of amides is 1. The summed E-state index contributed by atoms with van der Waals surface area (Å²) in [6.45, 7) is 5.27. The van der Waals surface area contributed by atoms with E-state index in [-0.39, 0.29) is 23.3 Å². The number of aryl methyl sites for hydroxylation is 2. The molecule has 0 aliphatic carbocycles. The number of carbonyl (C=O) groups excluding carboxylic acids is 1. The van der Waals surface area contributed by atoms with E-state index in [1.807, 2.05) is 6.92 Å². The number of aromatic hydroxyl groups is 1. The zero-order valence-electron chi connectivity index (χ0n) is 15.1. The molecule has 0 radical (unpaired) electrons. The SMILES string of the molecule is CCCC[C@H](NC(=O)Cc1c(C)c2ccc(O)c(C)c2oc1=O)C(=O)O. The maximum Gasteiger partial charge on any atom is 0.340 e. The number of phenols is 1.